The molecule has 3 rings (SSSR count). The van der Waals surface area contributed by atoms with Crippen LogP contribution in [0.3, 0.4) is 0 Å². The molecule has 19 heavy (non-hydrogen) atoms. The van der Waals surface area contributed by atoms with Crippen molar-refractivity contribution in [2.45, 2.75) is 12.5 Å². The Morgan fingerprint density at radius 2 is 2.05 bits per heavy atom. The summed E-state index contributed by atoms with van der Waals surface area (Å²) in [7, 11) is -0.848. The standard InChI is InChI=1S/C12H12Cl2N2O2S/c13-8-4-10-11(5-9(8)14)16-1-2-19(18)6-7(16)3-12(17)15-10/h4-5,7H,1-3,6H2,(H,15,17). The van der Waals surface area contributed by atoms with Crippen molar-refractivity contribution < 1.29 is 9.00 Å². The van der Waals surface area contributed by atoms with Gasteiger partial charge in [-0.05, 0) is 12.1 Å². The first-order valence-corrected chi connectivity index (χ1v) is 8.19. The van der Waals surface area contributed by atoms with Gasteiger partial charge in [0.15, 0.2) is 0 Å². The van der Waals surface area contributed by atoms with E-state index in [9.17, 15) is 9.00 Å². The number of carbonyl (C=O) groups is 1. The Bertz CT molecular complexity index is 579. The van der Waals surface area contributed by atoms with Crippen LogP contribution in [0.2, 0.25) is 10.0 Å². The van der Waals surface area contributed by atoms with Crippen molar-refractivity contribution in [2.24, 2.45) is 0 Å². The first kappa shape index (κ1) is 13.2. The van der Waals surface area contributed by atoms with E-state index >= 15 is 0 Å². The second-order valence-electron chi connectivity index (χ2n) is 4.69. The highest BCUT2D eigenvalue weighted by atomic mass is 35.5. The number of nitrogens with one attached hydrogen (secondary N) is 1. The lowest BCUT2D eigenvalue weighted by Gasteiger charge is -2.35. The molecule has 2 aliphatic rings. The number of anilines is 2. The Hall–Kier alpha value is -0.780. The van der Waals surface area contributed by atoms with Crippen molar-refractivity contribution in [2.75, 3.05) is 28.3 Å². The molecule has 1 saturated heterocycles. The highest BCUT2D eigenvalue weighted by Gasteiger charge is 2.33. The number of amides is 1. The molecule has 0 saturated carbocycles. The number of hydrogen-bond acceptors (Lipinski definition) is 3. The van der Waals surface area contributed by atoms with E-state index in [0.29, 0.717) is 40.2 Å². The van der Waals surface area contributed by atoms with Crippen LogP contribution in [-0.4, -0.2) is 34.2 Å². The van der Waals surface area contributed by atoms with E-state index in [0.717, 1.165) is 5.69 Å². The topological polar surface area (TPSA) is 49.4 Å². The van der Waals surface area contributed by atoms with Crippen LogP contribution in [0.5, 0.6) is 0 Å². The Morgan fingerprint density at radius 1 is 1.32 bits per heavy atom. The van der Waals surface area contributed by atoms with Crippen molar-refractivity contribution in [3.63, 3.8) is 0 Å². The lowest BCUT2D eigenvalue weighted by Crippen LogP contribution is -2.47. The van der Waals surface area contributed by atoms with Gasteiger partial charge in [-0.3, -0.25) is 9.00 Å². The monoisotopic (exact) mass is 318 g/mol. The number of carbonyl (C=O) groups excluding carboxylic acids is 1. The fourth-order valence-electron chi connectivity index (χ4n) is 2.55. The summed E-state index contributed by atoms with van der Waals surface area (Å²) in [6, 6.07) is 3.41. The zero-order valence-electron chi connectivity index (χ0n) is 9.99. The van der Waals surface area contributed by atoms with Crippen molar-refractivity contribution in [1.82, 2.24) is 0 Å². The van der Waals surface area contributed by atoms with Crippen LogP contribution in [0.25, 0.3) is 0 Å². The minimum absolute atomic E-state index is 0.0342. The largest absolute Gasteiger partial charge is 0.364 e. The molecule has 102 valence electrons. The van der Waals surface area contributed by atoms with Crippen LogP contribution in [0, 0.1) is 0 Å². The average Bonchev–Trinajstić information content (AvgIpc) is 2.45. The molecule has 7 heteroatoms. The van der Waals surface area contributed by atoms with Gasteiger partial charge in [-0.25, -0.2) is 0 Å². The number of rotatable bonds is 0. The Morgan fingerprint density at radius 3 is 2.84 bits per heavy atom. The Kier molecular flexibility index (Phi) is 3.45. The summed E-state index contributed by atoms with van der Waals surface area (Å²) in [5, 5.41) is 3.72. The van der Waals surface area contributed by atoms with E-state index in [2.05, 4.69) is 10.2 Å². The molecule has 2 atom stereocenters. The molecular weight excluding hydrogens is 307 g/mol. The van der Waals surface area contributed by atoms with E-state index in [1.165, 1.54) is 0 Å². The maximum Gasteiger partial charge on any atom is 0.226 e. The maximum atomic E-state index is 11.9. The number of halogens is 2. The maximum absolute atomic E-state index is 11.9. The molecule has 1 amide bonds. The molecular formula is C12H12Cl2N2O2S. The van der Waals surface area contributed by atoms with Crippen LogP contribution in [0.15, 0.2) is 12.1 Å². The lowest BCUT2D eigenvalue weighted by molar-refractivity contribution is -0.116. The molecule has 1 fully saturated rings. The summed E-state index contributed by atoms with van der Waals surface area (Å²) in [6.07, 6.45) is 0.343. The Labute approximate surface area is 123 Å². The van der Waals surface area contributed by atoms with Crippen molar-refractivity contribution in [3.05, 3.63) is 22.2 Å². The predicted molar refractivity (Wildman–Crippen MR) is 78.7 cm³/mol. The smallest absolute Gasteiger partial charge is 0.226 e. The number of nitrogens with zero attached hydrogens (tertiary/aromatic N) is 1. The molecule has 0 bridgehead atoms. The average molecular weight is 319 g/mol. The van der Waals surface area contributed by atoms with Gasteiger partial charge in [-0.2, -0.15) is 0 Å². The van der Waals surface area contributed by atoms with Gasteiger partial charge < -0.3 is 10.2 Å². The van der Waals surface area contributed by atoms with E-state index in [1.54, 1.807) is 12.1 Å². The van der Waals surface area contributed by atoms with Crippen LogP contribution in [0.4, 0.5) is 11.4 Å². The molecule has 4 nitrogen and oxygen atoms in total. The second kappa shape index (κ2) is 4.96. The Balaban J connectivity index is 2.08. The molecule has 0 aromatic heterocycles. The van der Waals surface area contributed by atoms with Gasteiger partial charge in [0.25, 0.3) is 0 Å². The first-order valence-electron chi connectivity index (χ1n) is 5.95. The highest BCUT2D eigenvalue weighted by Crippen LogP contribution is 2.38. The fourth-order valence-corrected chi connectivity index (χ4v) is 4.16. The molecule has 0 aliphatic carbocycles. The first-order chi connectivity index (χ1) is 9.04. The zero-order valence-corrected chi connectivity index (χ0v) is 12.3. The van der Waals surface area contributed by atoms with E-state index in [4.69, 9.17) is 23.2 Å². The molecule has 1 N–H and O–H groups in total. The summed E-state index contributed by atoms with van der Waals surface area (Å²) in [5.74, 6) is 1.06. The van der Waals surface area contributed by atoms with Gasteiger partial charge in [0.05, 0.1) is 21.4 Å². The van der Waals surface area contributed by atoms with Gasteiger partial charge in [-0.15, -0.1) is 0 Å². The molecule has 0 spiro atoms. The summed E-state index contributed by atoms with van der Waals surface area (Å²) in [4.78, 5) is 14.0. The van der Waals surface area contributed by atoms with Crippen molar-refractivity contribution in [3.8, 4) is 0 Å². The third kappa shape index (κ3) is 2.47. The summed E-state index contributed by atoms with van der Waals surface area (Å²) in [5.41, 5.74) is 1.54. The molecule has 1 aromatic carbocycles. The summed E-state index contributed by atoms with van der Waals surface area (Å²) >= 11 is 12.1. The SMILES string of the molecule is O=C1CC2CS(=O)CCN2c2cc(Cl)c(Cl)cc2N1. The summed E-state index contributed by atoms with van der Waals surface area (Å²) < 4.78 is 11.7. The van der Waals surface area contributed by atoms with Gasteiger partial charge in [0.2, 0.25) is 5.91 Å². The lowest BCUT2D eigenvalue weighted by atomic mass is 10.1. The van der Waals surface area contributed by atoms with Gasteiger partial charge >= 0.3 is 0 Å². The van der Waals surface area contributed by atoms with Crippen LogP contribution < -0.4 is 10.2 Å². The van der Waals surface area contributed by atoms with Crippen molar-refractivity contribution >= 4 is 51.3 Å². The van der Waals surface area contributed by atoms with E-state index in [-0.39, 0.29) is 11.9 Å². The fraction of sp³-hybridized carbons (Fsp3) is 0.417. The predicted octanol–water partition coefficient (Wildman–Crippen LogP) is 2.27. The second-order valence-corrected chi connectivity index (χ2v) is 7.13. The van der Waals surface area contributed by atoms with Gasteiger partial charge in [0, 0.05) is 41.3 Å². The van der Waals surface area contributed by atoms with Crippen LogP contribution in [-0.2, 0) is 15.6 Å². The number of hydrogen-bond donors (Lipinski definition) is 1. The number of fused-ring (bicyclic) bond motifs is 3. The third-order valence-corrected chi connectivity index (χ3v) is 5.54. The zero-order chi connectivity index (χ0) is 13.6. The molecule has 2 aliphatic heterocycles. The van der Waals surface area contributed by atoms with Crippen LogP contribution in [0.1, 0.15) is 6.42 Å². The normalized spacial score (nSPS) is 26.2. The highest BCUT2D eigenvalue weighted by molar-refractivity contribution is 7.85. The van der Waals surface area contributed by atoms with Gasteiger partial charge in [-0.1, -0.05) is 23.2 Å². The van der Waals surface area contributed by atoms with E-state index < -0.39 is 10.8 Å². The van der Waals surface area contributed by atoms with E-state index in [1.807, 2.05) is 0 Å². The molecule has 0 radical (unpaired) electrons. The number of benzene rings is 1. The summed E-state index contributed by atoms with van der Waals surface area (Å²) in [6.45, 7) is 0.664. The van der Waals surface area contributed by atoms with Crippen LogP contribution >= 0.6 is 23.2 Å². The quantitative estimate of drug-likeness (QED) is 0.798. The molecule has 1 aromatic rings. The minimum atomic E-state index is -0.848. The third-order valence-electron chi connectivity index (χ3n) is 3.42. The van der Waals surface area contributed by atoms with Crippen molar-refractivity contribution in [1.29, 1.82) is 0 Å². The minimum Gasteiger partial charge on any atom is -0.364 e. The van der Waals surface area contributed by atoms with Gasteiger partial charge in [0.1, 0.15) is 0 Å². The molecule has 2 unspecified atom stereocenters. The molecule has 2 heterocycles.